The Kier molecular flexibility index (Phi) is 4.07. The monoisotopic (exact) mass is 268 g/mol. The smallest absolute Gasteiger partial charge is 0.224 e. The van der Waals surface area contributed by atoms with Crippen LogP contribution in [0.2, 0.25) is 5.15 Å². The summed E-state index contributed by atoms with van der Waals surface area (Å²) in [6, 6.07) is 7.20. The first-order valence-electron chi connectivity index (χ1n) is 5.13. The van der Waals surface area contributed by atoms with Crippen molar-refractivity contribution in [1.82, 2.24) is 9.97 Å². The maximum Gasteiger partial charge on any atom is 0.224 e. The third-order valence-electron chi connectivity index (χ3n) is 2.01. The fraction of sp³-hybridized carbons (Fsp3) is 0.167. The van der Waals surface area contributed by atoms with Crippen molar-refractivity contribution < 1.29 is 13.9 Å². The number of hydrogen-bond donors (Lipinski definition) is 0. The molecule has 1 heterocycles. The summed E-state index contributed by atoms with van der Waals surface area (Å²) in [5.74, 6) is 0.599. The van der Waals surface area contributed by atoms with Gasteiger partial charge in [0.1, 0.15) is 23.3 Å². The van der Waals surface area contributed by atoms with Gasteiger partial charge in [-0.25, -0.2) is 9.37 Å². The lowest BCUT2D eigenvalue weighted by atomic mass is 10.3. The molecular weight excluding hydrogens is 259 g/mol. The van der Waals surface area contributed by atoms with Crippen LogP contribution in [0.4, 0.5) is 4.39 Å². The Morgan fingerprint density at radius 3 is 2.83 bits per heavy atom. The van der Waals surface area contributed by atoms with E-state index in [9.17, 15) is 4.39 Å². The van der Waals surface area contributed by atoms with E-state index in [0.29, 0.717) is 11.6 Å². The molecular formula is C12H10ClFN2O2. The highest BCUT2D eigenvalue weighted by Crippen LogP contribution is 2.22. The molecule has 0 bridgehead atoms. The first kappa shape index (κ1) is 12.7. The van der Waals surface area contributed by atoms with Gasteiger partial charge in [-0.05, 0) is 12.1 Å². The van der Waals surface area contributed by atoms with Crippen molar-refractivity contribution in [1.29, 1.82) is 0 Å². The van der Waals surface area contributed by atoms with Crippen LogP contribution < -0.4 is 4.74 Å². The van der Waals surface area contributed by atoms with E-state index in [1.165, 1.54) is 25.3 Å². The average molecular weight is 269 g/mol. The van der Waals surface area contributed by atoms with Crippen LogP contribution >= 0.6 is 11.6 Å². The summed E-state index contributed by atoms with van der Waals surface area (Å²) < 4.78 is 23.3. The van der Waals surface area contributed by atoms with Crippen LogP contribution in [0.5, 0.6) is 11.6 Å². The Hall–Kier alpha value is -1.72. The zero-order valence-corrected chi connectivity index (χ0v) is 10.3. The topological polar surface area (TPSA) is 44.2 Å². The predicted octanol–water partition coefficient (Wildman–Crippen LogP) is 3.21. The summed E-state index contributed by atoms with van der Waals surface area (Å²) in [5.41, 5.74) is 0. The molecule has 0 aliphatic rings. The first-order chi connectivity index (χ1) is 8.67. The highest BCUT2D eigenvalue weighted by Gasteiger charge is 2.06. The number of rotatable bonds is 4. The summed E-state index contributed by atoms with van der Waals surface area (Å²) in [6.45, 7) is 0.222. The van der Waals surface area contributed by atoms with Crippen LogP contribution in [-0.4, -0.2) is 17.1 Å². The fourth-order valence-electron chi connectivity index (χ4n) is 1.34. The lowest BCUT2D eigenvalue weighted by molar-refractivity contribution is 0.177. The van der Waals surface area contributed by atoms with Gasteiger partial charge in [0, 0.05) is 19.2 Å². The Labute approximate surface area is 108 Å². The molecule has 0 aliphatic heterocycles. The van der Waals surface area contributed by atoms with Crippen molar-refractivity contribution in [2.75, 3.05) is 7.11 Å². The van der Waals surface area contributed by atoms with E-state index in [-0.39, 0.29) is 23.5 Å². The lowest BCUT2D eigenvalue weighted by Crippen LogP contribution is -1.99. The normalized spacial score (nSPS) is 10.4. The second kappa shape index (κ2) is 5.75. The number of aromatic nitrogens is 2. The lowest BCUT2D eigenvalue weighted by Gasteiger charge is -2.06. The van der Waals surface area contributed by atoms with E-state index in [1.807, 2.05) is 0 Å². The van der Waals surface area contributed by atoms with Crippen LogP contribution in [-0.2, 0) is 11.3 Å². The minimum atomic E-state index is -0.384. The molecule has 0 unspecified atom stereocenters. The van der Waals surface area contributed by atoms with Gasteiger partial charge < -0.3 is 9.47 Å². The van der Waals surface area contributed by atoms with Crippen LogP contribution in [0, 0.1) is 5.82 Å². The predicted molar refractivity (Wildman–Crippen MR) is 64.2 cm³/mol. The first-order valence-corrected chi connectivity index (χ1v) is 5.51. The van der Waals surface area contributed by atoms with Gasteiger partial charge in [-0.3, -0.25) is 0 Å². The van der Waals surface area contributed by atoms with E-state index in [2.05, 4.69) is 9.97 Å². The van der Waals surface area contributed by atoms with Crippen LogP contribution in [0.3, 0.4) is 0 Å². The number of ether oxygens (including phenoxy) is 2. The largest absolute Gasteiger partial charge is 0.439 e. The Bertz CT molecular complexity index is 551. The second-order valence-electron chi connectivity index (χ2n) is 3.44. The van der Waals surface area contributed by atoms with Gasteiger partial charge in [-0.1, -0.05) is 17.7 Å². The molecule has 0 radical (unpaired) electrons. The van der Waals surface area contributed by atoms with Gasteiger partial charge in [0.2, 0.25) is 5.88 Å². The summed E-state index contributed by atoms with van der Waals surface area (Å²) in [7, 11) is 1.53. The van der Waals surface area contributed by atoms with Crippen molar-refractivity contribution in [3.63, 3.8) is 0 Å². The highest BCUT2D eigenvalue weighted by atomic mass is 35.5. The minimum absolute atomic E-state index is 0.222. The van der Waals surface area contributed by atoms with Crippen LogP contribution in [0.1, 0.15) is 5.82 Å². The Morgan fingerprint density at radius 2 is 2.11 bits per heavy atom. The summed E-state index contributed by atoms with van der Waals surface area (Å²) >= 11 is 5.82. The van der Waals surface area contributed by atoms with Crippen molar-refractivity contribution in [3.05, 3.63) is 47.1 Å². The average Bonchev–Trinajstić information content (AvgIpc) is 2.28. The molecule has 0 saturated heterocycles. The van der Waals surface area contributed by atoms with Gasteiger partial charge >= 0.3 is 0 Å². The number of benzene rings is 1. The van der Waals surface area contributed by atoms with E-state index in [0.717, 1.165) is 0 Å². The zero-order valence-electron chi connectivity index (χ0n) is 9.56. The van der Waals surface area contributed by atoms with E-state index in [1.54, 1.807) is 12.1 Å². The minimum Gasteiger partial charge on any atom is -0.439 e. The van der Waals surface area contributed by atoms with Crippen molar-refractivity contribution in [3.8, 4) is 11.6 Å². The van der Waals surface area contributed by atoms with E-state index < -0.39 is 0 Å². The fourth-order valence-corrected chi connectivity index (χ4v) is 1.53. The zero-order chi connectivity index (χ0) is 13.0. The third-order valence-corrected chi connectivity index (χ3v) is 2.20. The molecule has 0 N–H and O–H groups in total. The Morgan fingerprint density at radius 1 is 1.28 bits per heavy atom. The van der Waals surface area contributed by atoms with Crippen molar-refractivity contribution in [2.24, 2.45) is 0 Å². The molecule has 2 rings (SSSR count). The Balaban J connectivity index is 2.23. The molecule has 0 fully saturated rings. The quantitative estimate of drug-likeness (QED) is 0.799. The molecule has 18 heavy (non-hydrogen) atoms. The standard InChI is InChI=1S/C12H10ClFN2O2/c1-17-7-11-15-10(13)6-12(16-11)18-9-4-2-3-8(14)5-9/h2-6H,7H2,1H3. The summed E-state index contributed by atoms with van der Waals surface area (Å²) in [5, 5.41) is 0.239. The SMILES string of the molecule is COCc1nc(Cl)cc(Oc2cccc(F)c2)n1. The van der Waals surface area contributed by atoms with Gasteiger partial charge in [0.15, 0.2) is 5.82 Å². The molecule has 4 nitrogen and oxygen atoms in total. The molecule has 0 amide bonds. The molecule has 1 aromatic heterocycles. The maximum absolute atomic E-state index is 13.0. The van der Waals surface area contributed by atoms with Crippen molar-refractivity contribution in [2.45, 2.75) is 6.61 Å². The molecule has 1 aromatic carbocycles. The summed E-state index contributed by atoms with van der Waals surface area (Å²) in [6.07, 6.45) is 0. The van der Waals surface area contributed by atoms with E-state index >= 15 is 0 Å². The van der Waals surface area contributed by atoms with Gasteiger partial charge in [0.05, 0.1) is 0 Å². The van der Waals surface area contributed by atoms with Gasteiger partial charge in [0.25, 0.3) is 0 Å². The molecule has 94 valence electrons. The maximum atomic E-state index is 13.0. The molecule has 0 saturated carbocycles. The van der Waals surface area contributed by atoms with Crippen LogP contribution in [0.25, 0.3) is 0 Å². The van der Waals surface area contributed by atoms with Crippen LogP contribution in [0.15, 0.2) is 30.3 Å². The molecule has 0 aliphatic carbocycles. The van der Waals surface area contributed by atoms with Gasteiger partial charge in [-0.2, -0.15) is 4.98 Å². The number of hydrogen-bond acceptors (Lipinski definition) is 4. The number of nitrogens with zero attached hydrogens (tertiary/aromatic N) is 2. The third kappa shape index (κ3) is 3.38. The molecule has 0 atom stereocenters. The number of halogens is 2. The van der Waals surface area contributed by atoms with E-state index in [4.69, 9.17) is 21.1 Å². The molecule has 0 spiro atoms. The van der Waals surface area contributed by atoms with Gasteiger partial charge in [-0.15, -0.1) is 0 Å². The number of methoxy groups -OCH3 is 1. The molecule has 2 aromatic rings. The van der Waals surface area contributed by atoms with Crippen molar-refractivity contribution >= 4 is 11.6 Å². The highest BCUT2D eigenvalue weighted by molar-refractivity contribution is 6.29. The summed E-state index contributed by atoms with van der Waals surface area (Å²) in [4.78, 5) is 8.04. The second-order valence-corrected chi connectivity index (χ2v) is 3.82. The molecule has 6 heteroatoms.